The lowest BCUT2D eigenvalue weighted by Crippen LogP contribution is -3.00. The van der Waals surface area contributed by atoms with Gasteiger partial charge in [-0.2, -0.15) is 0 Å². The third-order valence-corrected chi connectivity index (χ3v) is 2.59. The van der Waals surface area contributed by atoms with Crippen LogP contribution >= 0.6 is 0 Å². The van der Waals surface area contributed by atoms with E-state index in [1.54, 1.807) is 14.2 Å². The molecule has 0 saturated carbocycles. The van der Waals surface area contributed by atoms with Gasteiger partial charge in [-0.25, -0.2) is 4.57 Å². The fourth-order valence-electron chi connectivity index (χ4n) is 1.73. The molecule has 0 aliphatic rings. The van der Waals surface area contributed by atoms with Crippen molar-refractivity contribution in [2.24, 2.45) is 0 Å². The minimum Gasteiger partial charge on any atom is -1.00 e. The summed E-state index contributed by atoms with van der Waals surface area (Å²) in [6.45, 7) is 0.821. The van der Waals surface area contributed by atoms with Crippen molar-refractivity contribution in [3.8, 4) is 11.5 Å². The second kappa shape index (κ2) is 7.01. The van der Waals surface area contributed by atoms with Crippen LogP contribution in [0.1, 0.15) is 5.56 Å². The van der Waals surface area contributed by atoms with Crippen LogP contribution in [0, 0.1) is 0 Å². The van der Waals surface area contributed by atoms with E-state index in [1.165, 1.54) is 5.56 Å². The molecule has 1 aromatic carbocycles. The van der Waals surface area contributed by atoms with Crippen LogP contribution in [-0.2, 0) is 6.54 Å². The molecule has 0 aliphatic heterocycles. The van der Waals surface area contributed by atoms with E-state index in [4.69, 9.17) is 9.47 Å². The number of pyridine rings is 1. The Balaban J connectivity index is 0.00000162. The van der Waals surface area contributed by atoms with E-state index in [0.717, 1.165) is 18.0 Å². The summed E-state index contributed by atoms with van der Waals surface area (Å²) in [4.78, 5) is 0. The van der Waals surface area contributed by atoms with Crippen LogP contribution in [0.3, 0.4) is 0 Å². The summed E-state index contributed by atoms with van der Waals surface area (Å²) < 4.78 is 12.6. The zero-order chi connectivity index (χ0) is 12.1. The van der Waals surface area contributed by atoms with Crippen LogP contribution in [0.2, 0.25) is 0 Å². The van der Waals surface area contributed by atoms with Gasteiger partial charge < -0.3 is 26.5 Å². The minimum absolute atomic E-state index is 0. The summed E-state index contributed by atoms with van der Waals surface area (Å²) in [5.74, 6) is 1.52. The number of ether oxygens (including phenoxy) is 2. The van der Waals surface area contributed by atoms with Crippen molar-refractivity contribution < 1.29 is 31.0 Å². The van der Waals surface area contributed by atoms with Crippen molar-refractivity contribution in [3.05, 3.63) is 54.4 Å². The normalized spacial score (nSPS) is 9.44. The number of benzene rings is 1. The molecule has 0 spiro atoms. The highest BCUT2D eigenvalue weighted by molar-refractivity contribution is 5.42. The first kappa shape index (κ1) is 14.5. The molecule has 0 N–H and O–H groups in total. The van der Waals surface area contributed by atoms with Gasteiger partial charge in [0.2, 0.25) is 0 Å². The van der Waals surface area contributed by atoms with Gasteiger partial charge in [0.15, 0.2) is 30.4 Å². The van der Waals surface area contributed by atoms with E-state index < -0.39 is 0 Å². The smallest absolute Gasteiger partial charge is 0.173 e. The Bertz CT molecular complexity index is 488. The zero-order valence-electron chi connectivity index (χ0n) is 10.5. The standard InChI is InChI=1S/C14H16NO2.BrH/c1-16-13-7-6-12(10-14(13)17-2)11-15-8-4-3-5-9-15;/h3-10H,11H2,1-2H3;1H/q+1;/p-1. The SMILES string of the molecule is COc1ccc(C[n+]2ccccc2)cc1OC.[Br-]. The van der Waals surface area contributed by atoms with Crippen LogP contribution < -0.4 is 31.0 Å². The van der Waals surface area contributed by atoms with Gasteiger partial charge in [0.25, 0.3) is 0 Å². The summed E-state index contributed by atoms with van der Waals surface area (Å²) in [6, 6.07) is 12.0. The lowest BCUT2D eigenvalue weighted by Gasteiger charge is -2.08. The Labute approximate surface area is 118 Å². The van der Waals surface area contributed by atoms with Gasteiger partial charge in [-0.15, -0.1) is 0 Å². The van der Waals surface area contributed by atoms with Gasteiger partial charge in [-0.3, -0.25) is 0 Å². The monoisotopic (exact) mass is 309 g/mol. The highest BCUT2D eigenvalue weighted by Gasteiger charge is 2.07. The zero-order valence-corrected chi connectivity index (χ0v) is 12.1. The molecule has 18 heavy (non-hydrogen) atoms. The number of halogens is 1. The Morgan fingerprint density at radius 2 is 1.61 bits per heavy atom. The number of hydrogen-bond acceptors (Lipinski definition) is 2. The highest BCUT2D eigenvalue weighted by atomic mass is 79.9. The molecule has 0 saturated heterocycles. The fraction of sp³-hybridized carbons (Fsp3) is 0.214. The van der Waals surface area contributed by atoms with Crippen molar-refractivity contribution in [2.45, 2.75) is 6.54 Å². The van der Waals surface area contributed by atoms with Crippen LogP contribution in [0.5, 0.6) is 11.5 Å². The van der Waals surface area contributed by atoms with E-state index in [0.29, 0.717) is 0 Å². The third-order valence-electron chi connectivity index (χ3n) is 2.59. The molecule has 0 atom stereocenters. The minimum atomic E-state index is 0. The number of nitrogens with zero attached hydrogens (tertiary/aromatic N) is 1. The van der Waals surface area contributed by atoms with Crippen LogP contribution in [0.15, 0.2) is 48.8 Å². The van der Waals surface area contributed by atoms with E-state index in [2.05, 4.69) is 4.57 Å². The summed E-state index contributed by atoms with van der Waals surface area (Å²) >= 11 is 0. The summed E-state index contributed by atoms with van der Waals surface area (Å²) in [5, 5.41) is 0. The van der Waals surface area contributed by atoms with E-state index in [-0.39, 0.29) is 17.0 Å². The molecule has 0 amide bonds. The second-order valence-electron chi connectivity index (χ2n) is 3.74. The highest BCUT2D eigenvalue weighted by Crippen LogP contribution is 2.27. The molecule has 0 radical (unpaired) electrons. The average Bonchev–Trinajstić information content (AvgIpc) is 2.40. The van der Waals surface area contributed by atoms with Gasteiger partial charge >= 0.3 is 0 Å². The lowest BCUT2D eigenvalue weighted by atomic mass is 10.2. The van der Waals surface area contributed by atoms with Gasteiger partial charge in [-0.1, -0.05) is 6.07 Å². The fourth-order valence-corrected chi connectivity index (χ4v) is 1.73. The molecule has 4 heteroatoms. The first-order valence-electron chi connectivity index (χ1n) is 5.48. The lowest BCUT2D eigenvalue weighted by molar-refractivity contribution is -0.688. The van der Waals surface area contributed by atoms with Gasteiger partial charge in [0.05, 0.1) is 14.2 Å². The maximum Gasteiger partial charge on any atom is 0.173 e. The van der Waals surface area contributed by atoms with Gasteiger partial charge in [0.1, 0.15) is 0 Å². The molecular formula is C14H16BrNO2. The predicted octanol–water partition coefficient (Wildman–Crippen LogP) is -0.956. The Morgan fingerprint density at radius 1 is 0.944 bits per heavy atom. The Morgan fingerprint density at radius 3 is 2.22 bits per heavy atom. The first-order valence-corrected chi connectivity index (χ1v) is 5.48. The number of hydrogen-bond donors (Lipinski definition) is 0. The molecule has 2 rings (SSSR count). The van der Waals surface area contributed by atoms with Crippen molar-refractivity contribution >= 4 is 0 Å². The molecule has 96 valence electrons. The van der Waals surface area contributed by atoms with E-state index >= 15 is 0 Å². The molecule has 0 bridgehead atoms. The molecule has 0 fully saturated rings. The number of rotatable bonds is 4. The van der Waals surface area contributed by atoms with Crippen molar-refractivity contribution in [2.75, 3.05) is 14.2 Å². The topological polar surface area (TPSA) is 22.3 Å². The average molecular weight is 310 g/mol. The van der Waals surface area contributed by atoms with Crippen molar-refractivity contribution in [1.82, 2.24) is 0 Å². The third kappa shape index (κ3) is 3.47. The van der Waals surface area contributed by atoms with E-state index in [9.17, 15) is 0 Å². The molecule has 1 aromatic heterocycles. The predicted molar refractivity (Wildman–Crippen MR) is 65.3 cm³/mol. The molecule has 3 nitrogen and oxygen atoms in total. The number of methoxy groups -OCH3 is 2. The second-order valence-corrected chi connectivity index (χ2v) is 3.74. The van der Waals surface area contributed by atoms with E-state index in [1.807, 2.05) is 48.8 Å². The maximum absolute atomic E-state index is 5.28. The molecular weight excluding hydrogens is 294 g/mol. The summed E-state index contributed by atoms with van der Waals surface area (Å²) in [5.41, 5.74) is 1.18. The summed E-state index contributed by atoms with van der Waals surface area (Å²) in [7, 11) is 3.29. The number of aromatic nitrogens is 1. The molecule has 0 unspecified atom stereocenters. The molecule has 0 aliphatic carbocycles. The summed E-state index contributed by atoms with van der Waals surface area (Å²) in [6.07, 6.45) is 4.08. The molecule has 1 heterocycles. The first-order chi connectivity index (χ1) is 8.33. The van der Waals surface area contributed by atoms with Gasteiger partial charge in [0, 0.05) is 17.7 Å². The quantitative estimate of drug-likeness (QED) is 0.679. The van der Waals surface area contributed by atoms with Crippen molar-refractivity contribution in [1.29, 1.82) is 0 Å². The van der Waals surface area contributed by atoms with Crippen LogP contribution in [0.25, 0.3) is 0 Å². The van der Waals surface area contributed by atoms with Crippen LogP contribution in [-0.4, -0.2) is 14.2 Å². The Kier molecular flexibility index (Phi) is 5.65. The molecule has 2 aromatic rings. The van der Waals surface area contributed by atoms with Gasteiger partial charge in [-0.05, 0) is 18.2 Å². The Hall–Kier alpha value is -1.55. The maximum atomic E-state index is 5.28. The van der Waals surface area contributed by atoms with Crippen molar-refractivity contribution in [3.63, 3.8) is 0 Å². The largest absolute Gasteiger partial charge is 1.00 e. The van der Waals surface area contributed by atoms with Crippen LogP contribution in [0.4, 0.5) is 0 Å².